The van der Waals surface area contributed by atoms with E-state index < -0.39 is 39.2 Å². The summed E-state index contributed by atoms with van der Waals surface area (Å²) in [5.41, 5.74) is 2.97. The number of methoxy groups -OCH3 is 2. The normalized spacial score (nSPS) is 20.5. The highest BCUT2D eigenvalue weighted by Crippen LogP contribution is 2.41. The van der Waals surface area contributed by atoms with E-state index in [4.69, 9.17) is 29.3 Å². The van der Waals surface area contributed by atoms with Crippen LogP contribution in [0.3, 0.4) is 0 Å². The first kappa shape index (κ1) is 58.0. The Morgan fingerprint density at radius 3 is 1.75 bits per heavy atom. The van der Waals surface area contributed by atoms with E-state index >= 15 is 0 Å². The van der Waals surface area contributed by atoms with Crippen molar-refractivity contribution in [1.29, 1.82) is 10.5 Å². The van der Waals surface area contributed by atoms with Crippen LogP contribution in [0.2, 0.25) is 0 Å². The van der Waals surface area contributed by atoms with Crippen LogP contribution in [-0.4, -0.2) is 81.9 Å². The molecule has 22 heteroatoms. The molecule has 0 aliphatic heterocycles. The van der Waals surface area contributed by atoms with Crippen molar-refractivity contribution >= 4 is 55.1 Å². The monoisotopic (exact) mass is 1110 g/mol. The summed E-state index contributed by atoms with van der Waals surface area (Å²) in [7, 11) is -0.730. The average molecular weight is 1110 g/mol. The highest BCUT2D eigenvalue weighted by Gasteiger charge is 2.38. The second-order valence-corrected chi connectivity index (χ2v) is 22.4. The third kappa shape index (κ3) is 13.5. The summed E-state index contributed by atoms with van der Waals surface area (Å²) in [5, 5.41) is 82.1. The lowest BCUT2D eigenvalue weighted by Gasteiger charge is -2.34. The van der Waals surface area contributed by atoms with Gasteiger partial charge in [0.2, 0.25) is 0 Å². The van der Waals surface area contributed by atoms with Crippen molar-refractivity contribution in [2.24, 2.45) is 0 Å². The lowest BCUT2D eigenvalue weighted by atomic mass is 9.80. The number of amides is 2. The smallest absolute Gasteiger partial charge is 0.321 e. The van der Waals surface area contributed by atoms with Gasteiger partial charge in [0.25, 0.3) is 21.5 Å². The lowest BCUT2D eigenvalue weighted by molar-refractivity contribution is -0.616. The van der Waals surface area contributed by atoms with Crippen LogP contribution in [0.4, 0.5) is 11.4 Å². The number of H-pyrrole nitrogens is 1. The van der Waals surface area contributed by atoms with Gasteiger partial charge in [-0.05, 0) is 120 Å². The Labute approximate surface area is 464 Å². The Balaban J connectivity index is 0.000000163. The number of rotatable bonds is 14. The molecule has 80 heavy (non-hydrogen) atoms. The van der Waals surface area contributed by atoms with E-state index in [1.54, 1.807) is 66.9 Å². The topological polar surface area (TPSA) is 308 Å². The molecule has 420 valence electrons. The van der Waals surface area contributed by atoms with Crippen LogP contribution in [-0.2, 0) is 14.3 Å². The number of hydrogen-bond acceptors (Lipinski definition) is 15. The summed E-state index contributed by atoms with van der Waals surface area (Å²) >= 11 is 0. The third-order valence-corrected chi connectivity index (χ3v) is 16.4. The zero-order valence-corrected chi connectivity index (χ0v) is 44.9. The quantitative estimate of drug-likeness (QED) is 0.0386. The van der Waals surface area contributed by atoms with Gasteiger partial charge in [-0.25, -0.2) is 0 Å². The molecule has 2 amide bonds. The zero-order valence-electron chi connectivity index (χ0n) is 44.1. The minimum absolute atomic E-state index is 0. The maximum absolute atomic E-state index is 12.9. The number of fused-ring (bicyclic) bond motifs is 2. The molecule has 4 fully saturated rings. The van der Waals surface area contributed by atoms with Gasteiger partial charge in [0, 0.05) is 65.2 Å². The fraction of sp³-hybridized carbons (Fsp3) is 0.414. The van der Waals surface area contributed by atoms with E-state index in [1.807, 2.05) is 23.9 Å². The van der Waals surface area contributed by atoms with Crippen LogP contribution in [0.15, 0.2) is 102 Å². The number of carbonyl (C=O) groups is 2. The Morgan fingerprint density at radius 1 is 0.750 bits per heavy atom. The maximum atomic E-state index is 12.9. The van der Waals surface area contributed by atoms with Gasteiger partial charge in [0.05, 0.1) is 96.0 Å². The molecule has 0 unspecified atom stereocenters. The number of nitrogens with one attached hydrogen (secondary N) is 3. The molecule has 0 atom stereocenters. The summed E-state index contributed by atoms with van der Waals surface area (Å²) < 4.78 is 43.7. The Morgan fingerprint density at radius 2 is 1.25 bits per heavy atom. The average Bonchev–Trinajstić information content (AvgIpc) is 4.38. The summed E-state index contributed by atoms with van der Waals surface area (Å²) in [6, 6.07) is 27.8. The van der Waals surface area contributed by atoms with Crippen molar-refractivity contribution in [3.63, 3.8) is 0 Å². The van der Waals surface area contributed by atoms with Crippen molar-refractivity contribution in [1.82, 2.24) is 20.0 Å². The first-order valence-corrected chi connectivity index (χ1v) is 27.7. The number of nitriles is 2. The van der Waals surface area contributed by atoms with Gasteiger partial charge in [0.1, 0.15) is 11.5 Å². The van der Waals surface area contributed by atoms with Crippen molar-refractivity contribution in [3.05, 3.63) is 136 Å². The molecule has 4 aliphatic carbocycles. The van der Waals surface area contributed by atoms with Crippen LogP contribution in [0.1, 0.15) is 153 Å². The van der Waals surface area contributed by atoms with Crippen LogP contribution in [0, 0.1) is 40.0 Å². The van der Waals surface area contributed by atoms with Crippen molar-refractivity contribution in [3.8, 4) is 23.6 Å². The number of pyridine rings is 2. The third-order valence-electron chi connectivity index (χ3n) is 15.0. The first-order valence-electron chi connectivity index (χ1n) is 26.3. The minimum Gasteiger partial charge on any atom is -0.618 e. The van der Waals surface area contributed by atoms with Crippen molar-refractivity contribution in [2.75, 3.05) is 24.9 Å². The highest BCUT2D eigenvalue weighted by atomic mass is 32.2. The number of ether oxygens (including phenoxy) is 2. The largest absolute Gasteiger partial charge is 0.618 e. The van der Waals surface area contributed by atoms with E-state index in [2.05, 4.69) is 26.9 Å². The highest BCUT2D eigenvalue weighted by molar-refractivity contribution is 7.86. The predicted octanol–water partition coefficient (Wildman–Crippen LogP) is 8.83. The number of carbonyl (C=O) groups excluding carboxylic acids is 2. The van der Waals surface area contributed by atoms with Gasteiger partial charge >= 0.3 is 11.8 Å². The number of hydrogen-bond donors (Lipinski definition) is 5. The maximum Gasteiger partial charge on any atom is 0.321 e. The van der Waals surface area contributed by atoms with Gasteiger partial charge in [-0.3, -0.25) is 23.6 Å². The Bertz CT molecular complexity index is 3570. The zero-order chi connectivity index (χ0) is 56.1. The number of anilines is 2. The van der Waals surface area contributed by atoms with E-state index in [9.17, 15) is 38.6 Å². The fourth-order valence-electron chi connectivity index (χ4n) is 10.1. The molecular weight excluding hydrogens is 1040 g/mol. The van der Waals surface area contributed by atoms with E-state index in [0.717, 1.165) is 75.4 Å². The second kappa shape index (κ2) is 24.5. The van der Waals surface area contributed by atoms with Crippen LogP contribution >= 0.6 is 0 Å². The van der Waals surface area contributed by atoms with Crippen LogP contribution < -0.4 is 29.6 Å². The molecular formula is C58H66N10O11S. The molecule has 4 aliphatic rings. The first-order chi connectivity index (χ1) is 37.9. The molecule has 0 bridgehead atoms. The van der Waals surface area contributed by atoms with Crippen LogP contribution in [0.5, 0.6) is 11.5 Å². The van der Waals surface area contributed by atoms with Gasteiger partial charge in [0.15, 0.2) is 11.4 Å². The van der Waals surface area contributed by atoms with Gasteiger partial charge < -0.3 is 40.7 Å². The molecule has 7 aromatic rings. The predicted molar refractivity (Wildman–Crippen MR) is 296 cm³/mol. The van der Waals surface area contributed by atoms with E-state index in [0.29, 0.717) is 72.8 Å². The molecule has 11 rings (SSSR count). The molecule has 4 saturated carbocycles. The lowest BCUT2D eigenvalue weighted by Crippen LogP contribution is -2.40. The van der Waals surface area contributed by atoms with Crippen LogP contribution in [0.25, 0.3) is 21.8 Å². The minimum atomic E-state index is -3.77. The molecule has 0 saturated heterocycles. The summed E-state index contributed by atoms with van der Waals surface area (Å²) in [4.78, 5) is 25.7. The van der Waals surface area contributed by atoms with Gasteiger partial charge in [-0.1, -0.05) is 25.1 Å². The SMILES string of the molecule is C.COc1cc2[nH]ncc2cc1NC(=O)c1cccc(C2CC2)[n+]1[O-].COc1cc2nn(C3CCC(O)(CC#N)CC3)cc2cc1NC(=O)c1cccc(C2CC2)[n+]1[O-].Cc1ccc(S(=O)(=O)OC2CCC(O)(CC#N)CC2)cc1. The molecule has 21 nitrogen and oxygen atoms in total. The summed E-state index contributed by atoms with van der Waals surface area (Å²) in [6.45, 7) is 1.88. The van der Waals surface area contributed by atoms with E-state index in [1.165, 1.54) is 38.5 Å². The van der Waals surface area contributed by atoms with Crippen molar-refractivity contribution in [2.45, 2.75) is 144 Å². The standard InChI is InChI=1S/C25H27N5O4.C17H16N4O3.C15H19NO4S.CH4/c1-34-23-14-19-17(15-29(28-19)18-7-9-25(32,10-8-18)11-12-26)13-20(23)27-24(31)22-4-2-3-21(30(22)33)16-5-6-16;1-24-16-8-12-11(9-18-20-12)7-13(16)19-17(22)15-4-2-3-14(21(15)23)10-5-6-10;1-12-2-4-14(5-3-12)21(18,19)20-13-6-8-15(17,9-7-13)10-11-16;/h2-4,13-16,18,32H,5-11H2,1H3,(H,27,31);2-4,7-10H,5-6H2,1H3,(H,18,20)(H,19,22);2-5,13,17H,6-10H2,1H3;1H4. The molecule has 4 heterocycles. The number of nitrogens with zero attached hydrogens (tertiary/aromatic N) is 7. The molecule has 3 aromatic carbocycles. The number of benzene rings is 3. The number of aryl methyl sites for hydroxylation is 1. The van der Waals surface area contributed by atoms with Gasteiger partial charge in [-0.15, -0.1) is 0 Å². The molecule has 0 radical (unpaired) electrons. The Hall–Kier alpha value is -8.15. The molecule has 5 N–H and O–H groups in total. The molecule has 0 spiro atoms. The fourth-order valence-corrected chi connectivity index (χ4v) is 11.2. The summed E-state index contributed by atoms with van der Waals surface area (Å²) in [6.07, 6.45) is 11.5. The number of aromatic nitrogens is 6. The Kier molecular flexibility index (Phi) is 17.7. The van der Waals surface area contributed by atoms with Crippen molar-refractivity contribution < 1.29 is 51.3 Å². The van der Waals surface area contributed by atoms with E-state index in [-0.39, 0.29) is 54.4 Å². The number of aromatic amines is 1. The number of aliphatic hydroxyl groups is 2. The second-order valence-electron chi connectivity index (χ2n) is 20.9. The van der Waals surface area contributed by atoms with Gasteiger partial charge in [-0.2, -0.15) is 38.6 Å². The summed E-state index contributed by atoms with van der Waals surface area (Å²) in [5.74, 6) is 0.495. The molecule has 4 aromatic heterocycles.